The van der Waals surface area contributed by atoms with Crippen LogP contribution in [0.3, 0.4) is 0 Å². The summed E-state index contributed by atoms with van der Waals surface area (Å²) >= 11 is 0. The van der Waals surface area contributed by atoms with Crippen molar-refractivity contribution in [2.75, 3.05) is 13.6 Å². The van der Waals surface area contributed by atoms with E-state index in [0.29, 0.717) is 24.7 Å². The van der Waals surface area contributed by atoms with E-state index in [1.165, 1.54) is 12.4 Å². The molecule has 0 N–H and O–H groups in total. The Balaban J connectivity index is 1.36. The van der Waals surface area contributed by atoms with Crippen molar-refractivity contribution in [1.82, 2.24) is 34.7 Å². The standard InChI is InChI=1S/C19H24F3N7/c1-27(14-17-23-10-13-28(17)15-19(20,21)22)11-6-3-7-12-29-25-18(24-26-29)16-8-4-2-5-9-16/h2,4-5,8-10,13H,3,6-7,11-12,14-15H2,1H3. The zero-order chi connectivity index (χ0) is 20.7. The van der Waals surface area contributed by atoms with Gasteiger partial charge in [0, 0.05) is 18.0 Å². The zero-order valence-corrected chi connectivity index (χ0v) is 16.3. The fourth-order valence-corrected chi connectivity index (χ4v) is 3.00. The highest BCUT2D eigenvalue weighted by atomic mass is 19.4. The molecule has 2 aromatic heterocycles. The van der Waals surface area contributed by atoms with E-state index in [4.69, 9.17) is 0 Å². The Morgan fingerprint density at radius 3 is 2.62 bits per heavy atom. The number of tetrazole rings is 1. The molecule has 0 aliphatic carbocycles. The van der Waals surface area contributed by atoms with E-state index in [0.717, 1.165) is 35.9 Å². The average molecular weight is 407 g/mol. The largest absolute Gasteiger partial charge is 0.406 e. The second-order valence-electron chi connectivity index (χ2n) is 6.96. The molecule has 0 aliphatic heterocycles. The third-order valence-corrected chi connectivity index (χ3v) is 4.45. The lowest BCUT2D eigenvalue weighted by molar-refractivity contribution is -0.141. The van der Waals surface area contributed by atoms with Crippen molar-refractivity contribution in [3.63, 3.8) is 0 Å². The Hall–Kier alpha value is -2.75. The molecule has 0 saturated carbocycles. The number of imidazole rings is 1. The van der Waals surface area contributed by atoms with Crippen LogP contribution in [0.1, 0.15) is 25.1 Å². The molecule has 7 nitrogen and oxygen atoms in total. The number of hydrogen-bond acceptors (Lipinski definition) is 5. The Bertz CT molecular complexity index is 873. The number of nitrogens with zero attached hydrogens (tertiary/aromatic N) is 7. The molecular formula is C19H24F3N7. The van der Waals surface area contributed by atoms with Gasteiger partial charge in [-0.3, -0.25) is 4.90 Å². The fourth-order valence-electron chi connectivity index (χ4n) is 3.00. The van der Waals surface area contributed by atoms with E-state index < -0.39 is 12.7 Å². The number of halogens is 3. The van der Waals surface area contributed by atoms with Crippen LogP contribution in [-0.4, -0.2) is 54.4 Å². The van der Waals surface area contributed by atoms with Gasteiger partial charge >= 0.3 is 6.18 Å². The van der Waals surface area contributed by atoms with Crippen LogP contribution < -0.4 is 0 Å². The lowest BCUT2D eigenvalue weighted by Crippen LogP contribution is -2.24. The van der Waals surface area contributed by atoms with Crippen LogP contribution in [0, 0.1) is 0 Å². The molecule has 29 heavy (non-hydrogen) atoms. The van der Waals surface area contributed by atoms with Gasteiger partial charge in [0.25, 0.3) is 0 Å². The molecule has 0 saturated heterocycles. The number of benzene rings is 1. The first-order valence-electron chi connectivity index (χ1n) is 9.49. The molecule has 2 heterocycles. The minimum atomic E-state index is -4.25. The predicted molar refractivity (Wildman–Crippen MR) is 102 cm³/mol. The van der Waals surface area contributed by atoms with E-state index in [2.05, 4.69) is 20.4 Å². The SMILES string of the molecule is CN(CCCCCn1nnc(-c2ccccc2)n1)Cc1nccn1CC(F)(F)F. The van der Waals surface area contributed by atoms with Gasteiger partial charge in [-0.2, -0.15) is 18.0 Å². The Morgan fingerprint density at radius 2 is 1.86 bits per heavy atom. The summed E-state index contributed by atoms with van der Waals surface area (Å²) in [6.07, 6.45) is 1.32. The quantitative estimate of drug-likeness (QED) is 0.482. The van der Waals surface area contributed by atoms with Crippen molar-refractivity contribution in [2.24, 2.45) is 0 Å². The highest BCUT2D eigenvalue weighted by Gasteiger charge is 2.28. The molecule has 3 aromatic rings. The van der Waals surface area contributed by atoms with Crippen molar-refractivity contribution < 1.29 is 13.2 Å². The number of rotatable bonds is 10. The molecule has 0 amide bonds. The molecule has 0 spiro atoms. The zero-order valence-electron chi connectivity index (χ0n) is 16.3. The maximum absolute atomic E-state index is 12.6. The summed E-state index contributed by atoms with van der Waals surface area (Å²) in [5.74, 6) is 1.03. The molecule has 0 fully saturated rings. The number of alkyl halides is 3. The molecule has 0 atom stereocenters. The topological polar surface area (TPSA) is 64.7 Å². The summed E-state index contributed by atoms with van der Waals surface area (Å²) in [5.41, 5.74) is 0.934. The summed E-state index contributed by atoms with van der Waals surface area (Å²) in [6, 6.07) is 9.69. The lowest BCUT2D eigenvalue weighted by Gasteiger charge is -2.17. The highest BCUT2D eigenvalue weighted by Crippen LogP contribution is 2.18. The number of hydrogen-bond donors (Lipinski definition) is 0. The normalized spacial score (nSPS) is 12.0. The third-order valence-electron chi connectivity index (χ3n) is 4.45. The van der Waals surface area contributed by atoms with Gasteiger partial charge in [-0.25, -0.2) is 4.98 Å². The maximum Gasteiger partial charge on any atom is 0.406 e. The lowest BCUT2D eigenvalue weighted by atomic mass is 10.2. The monoisotopic (exact) mass is 407 g/mol. The number of unbranched alkanes of at least 4 members (excludes halogenated alkanes) is 2. The minimum Gasteiger partial charge on any atom is -0.325 e. The van der Waals surface area contributed by atoms with Crippen molar-refractivity contribution in [1.29, 1.82) is 0 Å². The first-order valence-corrected chi connectivity index (χ1v) is 9.49. The van der Waals surface area contributed by atoms with Crippen molar-refractivity contribution in [3.05, 3.63) is 48.5 Å². The highest BCUT2D eigenvalue weighted by molar-refractivity contribution is 5.52. The molecule has 0 radical (unpaired) electrons. The fraction of sp³-hybridized carbons (Fsp3) is 0.474. The summed E-state index contributed by atoms with van der Waals surface area (Å²) in [5, 5.41) is 12.5. The van der Waals surface area contributed by atoms with E-state index in [1.54, 1.807) is 4.80 Å². The molecule has 1 aromatic carbocycles. The van der Waals surface area contributed by atoms with Gasteiger partial charge in [0.2, 0.25) is 5.82 Å². The van der Waals surface area contributed by atoms with Crippen LogP contribution in [0.4, 0.5) is 13.2 Å². The number of aryl methyl sites for hydroxylation is 1. The first kappa shape index (κ1) is 21.0. The van der Waals surface area contributed by atoms with Gasteiger partial charge in [-0.05, 0) is 31.6 Å². The second kappa shape index (κ2) is 9.64. The van der Waals surface area contributed by atoms with Gasteiger partial charge < -0.3 is 4.57 Å². The van der Waals surface area contributed by atoms with Crippen LogP contribution in [0.25, 0.3) is 11.4 Å². The summed E-state index contributed by atoms with van der Waals surface area (Å²) in [7, 11) is 1.89. The summed E-state index contributed by atoms with van der Waals surface area (Å²) < 4.78 is 38.9. The first-order chi connectivity index (χ1) is 13.9. The van der Waals surface area contributed by atoms with E-state index in [-0.39, 0.29) is 0 Å². The smallest absolute Gasteiger partial charge is 0.325 e. The molecule has 0 bridgehead atoms. The average Bonchev–Trinajstić information content (AvgIpc) is 3.31. The van der Waals surface area contributed by atoms with E-state index >= 15 is 0 Å². The summed E-state index contributed by atoms with van der Waals surface area (Å²) in [4.78, 5) is 7.63. The molecule has 0 aliphatic rings. The minimum absolute atomic E-state index is 0.383. The van der Waals surface area contributed by atoms with Crippen molar-refractivity contribution >= 4 is 0 Å². The molecular weight excluding hydrogens is 383 g/mol. The predicted octanol–water partition coefficient (Wildman–Crippen LogP) is 3.40. The van der Waals surface area contributed by atoms with Crippen molar-refractivity contribution in [2.45, 2.75) is 45.1 Å². The molecule has 0 unspecified atom stereocenters. The summed E-state index contributed by atoms with van der Waals surface area (Å²) in [6.45, 7) is 0.832. The molecule has 3 rings (SSSR count). The number of aromatic nitrogens is 6. The van der Waals surface area contributed by atoms with Crippen LogP contribution >= 0.6 is 0 Å². The van der Waals surface area contributed by atoms with Crippen LogP contribution in [0.15, 0.2) is 42.7 Å². The van der Waals surface area contributed by atoms with E-state index in [1.807, 2.05) is 42.3 Å². The van der Waals surface area contributed by atoms with Gasteiger partial charge in [0.15, 0.2) is 0 Å². The van der Waals surface area contributed by atoms with Gasteiger partial charge in [0.1, 0.15) is 12.4 Å². The Kier molecular flexibility index (Phi) is 6.97. The van der Waals surface area contributed by atoms with Gasteiger partial charge in [-0.15, -0.1) is 10.2 Å². The van der Waals surface area contributed by atoms with Crippen LogP contribution in [0.5, 0.6) is 0 Å². The van der Waals surface area contributed by atoms with E-state index in [9.17, 15) is 13.2 Å². The molecule has 10 heteroatoms. The van der Waals surface area contributed by atoms with Crippen LogP contribution in [0.2, 0.25) is 0 Å². The van der Waals surface area contributed by atoms with Crippen molar-refractivity contribution in [3.8, 4) is 11.4 Å². The van der Waals surface area contributed by atoms with Crippen LogP contribution in [-0.2, 0) is 19.6 Å². The molecule has 156 valence electrons. The third kappa shape index (κ3) is 6.67. The maximum atomic E-state index is 12.6. The Labute approximate surface area is 167 Å². The second-order valence-corrected chi connectivity index (χ2v) is 6.96. The van der Waals surface area contributed by atoms with Gasteiger partial charge in [0.05, 0.1) is 13.1 Å². The Morgan fingerprint density at radius 1 is 1.07 bits per heavy atom. The van der Waals surface area contributed by atoms with Gasteiger partial charge in [-0.1, -0.05) is 36.8 Å².